The van der Waals surface area contributed by atoms with Crippen LogP contribution in [0.4, 0.5) is 0 Å². The third-order valence-corrected chi connectivity index (χ3v) is 2.11. The second-order valence-corrected chi connectivity index (χ2v) is 5.61. The summed E-state index contributed by atoms with van der Waals surface area (Å²) in [5, 5.41) is 0. The first-order valence-corrected chi connectivity index (χ1v) is 5.01. The van der Waals surface area contributed by atoms with Crippen LogP contribution in [-0.4, -0.2) is 23.8 Å². The first kappa shape index (κ1) is 13.2. The molecule has 0 bridgehead atoms. The van der Waals surface area contributed by atoms with Crippen molar-refractivity contribution < 1.29 is 0 Å². The fourth-order valence-electron chi connectivity index (χ4n) is 1.12. The minimum atomic E-state index is 0.0316. The van der Waals surface area contributed by atoms with Crippen LogP contribution in [0.1, 0.15) is 41.5 Å². The normalized spacial score (nSPS) is 13.4. The molecule has 0 spiro atoms. The summed E-state index contributed by atoms with van der Waals surface area (Å²) in [6.07, 6.45) is 1.85. The van der Waals surface area contributed by atoms with Crippen molar-refractivity contribution in [1.82, 2.24) is 4.90 Å². The number of aliphatic imine (C=N–C) groups is 1. The van der Waals surface area contributed by atoms with Crippen molar-refractivity contribution in [1.29, 1.82) is 0 Å². The first-order chi connectivity index (χ1) is 6.10. The molecule has 0 fully saturated rings. The van der Waals surface area contributed by atoms with Gasteiger partial charge in [0, 0.05) is 23.7 Å². The van der Waals surface area contributed by atoms with Gasteiger partial charge in [-0.25, -0.2) is 0 Å². The molecule has 82 valence electrons. The Morgan fingerprint density at radius 1 is 1.14 bits per heavy atom. The maximum absolute atomic E-state index is 4.15. The monoisotopic (exact) mass is 196 g/mol. The first-order valence-electron chi connectivity index (χ1n) is 5.01. The lowest BCUT2D eigenvalue weighted by Crippen LogP contribution is -2.42. The third-order valence-electron chi connectivity index (χ3n) is 2.11. The van der Waals surface area contributed by atoms with Crippen LogP contribution in [0.3, 0.4) is 0 Å². The molecule has 14 heavy (non-hydrogen) atoms. The highest BCUT2D eigenvalue weighted by Crippen LogP contribution is 2.30. The van der Waals surface area contributed by atoms with E-state index in [0.717, 1.165) is 5.70 Å². The summed E-state index contributed by atoms with van der Waals surface area (Å²) in [6, 6.07) is 0. The minimum Gasteiger partial charge on any atom is -0.331 e. The highest BCUT2D eigenvalue weighted by molar-refractivity contribution is 5.59. The Morgan fingerprint density at radius 2 is 1.57 bits per heavy atom. The molecule has 0 saturated heterocycles. The van der Waals surface area contributed by atoms with Crippen LogP contribution in [0.25, 0.3) is 0 Å². The van der Waals surface area contributed by atoms with Gasteiger partial charge in [0.2, 0.25) is 0 Å². The predicted molar refractivity (Wildman–Crippen MR) is 64.6 cm³/mol. The quantitative estimate of drug-likeness (QED) is 0.489. The van der Waals surface area contributed by atoms with E-state index >= 15 is 0 Å². The number of hydrogen-bond donors (Lipinski definition) is 0. The van der Waals surface area contributed by atoms with Gasteiger partial charge in [-0.05, 0) is 20.8 Å². The van der Waals surface area contributed by atoms with Crippen molar-refractivity contribution in [2.24, 2.45) is 10.4 Å². The molecular formula is C12H24N2. The predicted octanol–water partition coefficient (Wildman–Crippen LogP) is 3.30. The number of nitrogens with zero attached hydrogens (tertiary/aromatic N) is 2. The van der Waals surface area contributed by atoms with Crippen LogP contribution in [0, 0.1) is 5.41 Å². The van der Waals surface area contributed by atoms with Gasteiger partial charge in [0.25, 0.3) is 0 Å². The Morgan fingerprint density at radius 3 is 1.79 bits per heavy atom. The van der Waals surface area contributed by atoms with E-state index in [1.54, 1.807) is 7.05 Å². The van der Waals surface area contributed by atoms with Crippen molar-refractivity contribution >= 4 is 6.34 Å². The topological polar surface area (TPSA) is 15.6 Å². The van der Waals surface area contributed by atoms with E-state index in [0.29, 0.717) is 0 Å². The summed E-state index contributed by atoms with van der Waals surface area (Å²) in [5.74, 6) is 0. The van der Waals surface area contributed by atoms with Crippen molar-refractivity contribution in [3.63, 3.8) is 0 Å². The van der Waals surface area contributed by atoms with Crippen molar-refractivity contribution in [3.05, 3.63) is 12.3 Å². The zero-order chi connectivity index (χ0) is 11.6. The van der Waals surface area contributed by atoms with E-state index in [4.69, 9.17) is 0 Å². The fraction of sp³-hybridized carbons (Fsp3) is 0.750. The van der Waals surface area contributed by atoms with E-state index in [1.165, 1.54) is 0 Å². The lowest BCUT2D eigenvalue weighted by atomic mass is 9.89. The molecule has 0 aromatic rings. The molecule has 0 aromatic heterocycles. The van der Waals surface area contributed by atoms with Crippen LogP contribution < -0.4 is 0 Å². The summed E-state index contributed by atoms with van der Waals surface area (Å²) in [7, 11) is 1.79. The summed E-state index contributed by atoms with van der Waals surface area (Å²) in [5.41, 5.74) is 1.20. The third kappa shape index (κ3) is 3.52. The molecule has 0 heterocycles. The highest BCUT2D eigenvalue weighted by Gasteiger charge is 2.27. The summed E-state index contributed by atoms with van der Waals surface area (Å²) in [6.45, 7) is 17.1. The van der Waals surface area contributed by atoms with E-state index in [1.807, 2.05) is 6.34 Å². The molecule has 0 rings (SSSR count). The maximum Gasteiger partial charge on any atom is 0.0893 e. The second kappa shape index (κ2) is 4.16. The average Bonchev–Trinajstić information content (AvgIpc) is 1.94. The zero-order valence-corrected chi connectivity index (χ0v) is 10.7. The van der Waals surface area contributed by atoms with Gasteiger partial charge < -0.3 is 4.90 Å². The summed E-state index contributed by atoms with van der Waals surface area (Å²) in [4.78, 5) is 6.21. The molecule has 0 amide bonds. The summed E-state index contributed by atoms with van der Waals surface area (Å²) < 4.78 is 0. The van der Waals surface area contributed by atoms with Crippen LogP contribution in [0.5, 0.6) is 0 Å². The lowest BCUT2D eigenvalue weighted by molar-refractivity contribution is 0.245. The van der Waals surface area contributed by atoms with Gasteiger partial charge in [0.1, 0.15) is 0 Å². The van der Waals surface area contributed by atoms with Crippen LogP contribution >= 0.6 is 0 Å². The SMILES string of the molecule is C=C(N(C=NC)C(C)(C)C)C(C)(C)C. The molecular weight excluding hydrogens is 172 g/mol. The van der Waals surface area contributed by atoms with Crippen LogP contribution in [-0.2, 0) is 0 Å². The van der Waals surface area contributed by atoms with Crippen molar-refractivity contribution in [2.45, 2.75) is 47.1 Å². The lowest BCUT2D eigenvalue weighted by Gasteiger charge is -2.40. The molecule has 0 aliphatic carbocycles. The Hall–Kier alpha value is -0.790. The van der Waals surface area contributed by atoms with Gasteiger partial charge in [-0.15, -0.1) is 0 Å². The largest absolute Gasteiger partial charge is 0.331 e. The van der Waals surface area contributed by atoms with Gasteiger partial charge in [-0.2, -0.15) is 0 Å². The molecule has 0 aliphatic rings. The number of allylic oxidation sites excluding steroid dienone is 1. The average molecular weight is 196 g/mol. The number of hydrogen-bond acceptors (Lipinski definition) is 1. The molecule has 0 aliphatic heterocycles. The standard InChI is InChI=1S/C12H24N2/c1-10(11(2,3)4)14(9-13-8)12(5,6)7/h9H,1H2,2-8H3. The molecule has 0 atom stereocenters. The minimum absolute atomic E-state index is 0.0316. The molecule has 0 radical (unpaired) electrons. The molecule has 0 N–H and O–H groups in total. The summed E-state index contributed by atoms with van der Waals surface area (Å²) >= 11 is 0. The van der Waals surface area contributed by atoms with Crippen molar-refractivity contribution in [2.75, 3.05) is 7.05 Å². The van der Waals surface area contributed by atoms with Gasteiger partial charge in [-0.3, -0.25) is 4.99 Å². The Labute approximate surface area is 88.7 Å². The van der Waals surface area contributed by atoms with Crippen LogP contribution in [0.2, 0.25) is 0 Å². The zero-order valence-electron chi connectivity index (χ0n) is 10.7. The highest BCUT2D eigenvalue weighted by atomic mass is 15.2. The molecule has 2 heteroatoms. The van der Waals surface area contributed by atoms with Gasteiger partial charge in [0.05, 0.1) is 6.34 Å². The van der Waals surface area contributed by atoms with Gasteiger partial charge in [0.15, 0.2) is 0 Å². The molecule has 0 unspecified atom stereocenters. The Balaban J connectivity index is 4.96. The molecule has 0 aromatic carbocycles. The Bertz CT molecular complexity index is 226. The second-order valence-electron chi connectivity index (χ2n) is 5.61. The van der Waals surface area contributed by atoms with Gasteiger partial charge >= 0.3 is 0 Å². The van der Waals surface area contributed by atoms with Gasteiger partial charge in [-0.1, -0.05) is 27.4 Å². The smallest absolute Gasteiger partial charge is 0.0893 e. The maximum atomic E-state index is 4.15. The van der Waals surface area contributed by atoms with Crippen LogP contribution in [0.15, 0.2) is 17.3 Å². The van der Waals surface area contributed by atoms with Crippen molar-refractivity contribution in [3.8, 4) is 0 Å². The molecule has 0 saturated carbocycles. The Kier molecular flexibility index (Phi) is 3.92. The van der Waals surface area contributed by atoms with E-state index in [-0.39, 0.29) is 11.0 Å². The van der Waals surface area contributed by atoms with E-state index < -0.39 is 0 Å². The fourth-order valence-corrected chi connectivity index (χ4v) is 1.12. The molecule has 2 nitrogen and oxygen atoms in total. The number of rotatable bonds is 2. The van der Waals surface area contributed by atoms with E-state index in [9.17, 15) is 0 Å². The van der Waals surface area contributed by atoms with E-state index in [2.05, 4.69) is 58.0 Å².